The Hall–Kier alpha value is -2.22. The Bertz CT molecular complexity index is 1190. The molecule has 0 unspecified atom stereocenters. The molecule has 0 spiro atoms. The Kier molecular flexibility index (Phi) is 7.43. The second-order valence-electron chi connectivity index (χ2n) is 7.24. The lowest BCUT2D eigenvalue weighted by molar-refractivity contribution is -0.895. The first-order chi connectivity index (χ1) is 15.0. The molecule has 1 saturated heterocycles. The van der Waals surface area contributed by atoms with Gasteiger partial charge < -0.3 is 15.0 Å². The predicted molar refractivity (Wildman–Crippen MR) is 119 cm³/mol. The van der Waals surface area contributed by atoms with Gasteiger partial charge in [0.05, 0.1) is 38.2 Å². The summed E-state index contributed by atoms with van der Waals surface area (Å²) in [6.07, 6.45) is 0. The van der Waals surface area contributed by atoms with Gasteiger partial charge >= 0.3 is 0 Å². The smallest absolute Gasteiger partial charge is 0.279 e. The molecule has 1 aliphatic rings. The van der Waals surface area contributed by atoms with Gasteiger partial charge in [0.15, 0.2) is 6.54 Å². The molecule has 1 fully saturated rings. The van der Waals surface area contributed by atoms with Gasteiger partial charge in [-0.05, 0) is 42.5 Å². The van der Waals surface area contributed by atoms with Crippen molar-refractivity contribution in [3.8, 4) is 5.75 Å². The lowest BCUT2D eigenvalue weighted by atomic mass is 10.3. The van der Waals surface area contributed by atoms with E-state index in [1.165, 1.54) is 47.8 Å². The third-order valence-electron chi connectivity index (χ3n) is 5.05. The van der Waals surface area contributed by atoms with Crippen molar-refractivity contribution in [2.24, 2.45) is 5.14 Å². The molecular formula is C19H24ClN4O6S2+. The van der Waals surface area contributed by atoms with Gasteiger partial charge in [0, 0.05) is 10.7 Å². The van der Waals surface area contributed by atoms with Crippen LogP contribution in [-0.2, 0) is 24.8 Å². The number of halogens is 1. The summed E-state index contributed by atoms with van der Waals surface area (Å²) in [6, 6.07) is 9.96. The van der Waals surface area contributed by atoms with E-state index >= 15 is 0 Å². The monoisotopic (exact) mass is 503 g/mol. The van der Waals surface area contributed by atoms with Crippen LogP contribution in [0.15, 0.2) is 52.3 Å². The van der Waals surface area contributed by atoms with Crippen LogP contribution in [0.5, 0.6) is 5.75 Å². The van der Waals surface area contributed by atoms with Gasteiger partial charge in [0.25, 0.3) is 5.91 Å². The minimum atomic E-state index is -3.80. The minimum Gasteiger partial charge on any atom is -0.495 e. The van der Waals surface area contributed by atoms with Gasteiger partial charge in [0.2, 0.25) is 20.0 Å². The number of amides is 1. The zero-order chi connectivity index (χ0) is 23.5. The number of benzene rings is 2. The summed E-state index contributed by atoms with van der Waals surface area (Å²) in [5.41, 5.74) is 0.441. The second-order valence-corrected chi connectivity index (χ2v) is 11.1. The SMILES string of the molecule is COc1ccc(Cl)cc1S(=O)(=O)N1CC[NH+](CC(=O)Nc2ccc(S(N)(=O)=O)cc2)CC1. The highest BCUT2D eigenvalue weighted by Gasteiger charge is 2.33. The highest BCUT2D eigenvalue weighted by molar-refractivity contribution is 7.89. The third kappa shape index (κ3) is 5.77. The topological polar surface area (TPSA) is 140 Å². The van der Waals surface area contributed by atoms with Crippen molar-refractivity contribution in [3.63, 3.8) is 0 Å². The molecule has 4 N–H and O–H groups in total. The van der Waals surface area contributed by atoms with Crippen LogP contribution >= 0.6 is 11.6 Å². The van der Waals surface area contributed by atoms with Crippen LogP contribution in [0.2, 0.25) is 5.02 Å². The quantitative estimate of drug-likeness (QED) is 0.466. The number of anilines is 1. The number of rotatable bonds is 7. The summed E-state index contributed by atoms with van der Waals surface area (Å²) in [4.78, 5) is 13.2. The van der Waals surface area contributed by atoms with Crippen LogP contribution in [0.4, 0.5) is 5.69 Å². The van der Waals surface area contributed by atoms with Gasteiger partial charge in [-0.25, -0.2) is 22.0 Å². The van der Waals surface area contributed by atoms with Crippen LogP contribution in [0.3, 0.4) is 0 Å². The number of nitrogens with zero attached hydrogens (tertiary/aromatic N) is 1. The van der Waals surface area contributed by atoms with E-state index < -0.39 is 20.0 Å². The van der Waals surface area contributed by atoms with E-state index in [4.69, 9.17) is 21.5 Å². The van der Waals surface area contributed by atoms with Gasteiger partial charge in [0.1, 0.15) is 10.6 Å². The van der Waals surface area contributed by atoms with E-state index in [2.05, 4.69) is 5.32 Å². The fraction of sp³-hybridized carbons (Fsp3) is 0.316. The average molecular weight is 504 g/mol. The van der Waals surface area contributed by atoms with Crippen LogP contribution in [0, 0.1) is 0 Å². The molecule has 13 heteroatoms. The Morgan fingerprint density at radius 3 is 2.31 bits per heavy atom. The number of hydrogen-bond acceptors (Lipinski definition) is 6. The molecule has 2 aromatic rings. The van der Waals surface area contributed by atoms with Gasteiger partial charge in [-0.15, -0.1) is 0 Å². The van der Waals surface area contributed by atoms with Crippen molar-refractivity contribution < 1.29 is 31.3 Å². The van der Waals surface area contributed by atoms with E-state index in [9.17, 15) is 21.6 Å². The zero-order valence-corrected chi connectivity index (χ0v) is 19.6. The molecule has 3 rings (SSSR count). The Morgan fingerprint density at radius 2 is 1.75 bits per heavy atom. The summed E-state index contributed by atoms with van der Waals surface area (Å²) in [7, 11) is -6.20. The van der Waals surface area contributed by atoms with E-state index in [0.717, 1.165) is 4.90 Å². The average Bonchev–Trinajstić information content (AvgIpc) is 2.73. The number of sulfonamides is 2. The Morgan fingerprint density at radius 1 is 1.12 bits per heavy atom. The zero-order valence-electron chi connectivity index (χ0n) is 17.2. The first kappa shape index (κ1) is 24.4. The minimum absolute atomic E-state index is 0.0108. The predicted octanol–water partition coefficient (Wildman–Crippen LogP) is -0.476. The molecule has 32 heavy (non-hydrogen) atoms. The molecule has 0 aromatic heterocycles. The number of piperazine rings is 1. The molecule has 174 valence electrons. The molecule has 1 aliphatic heterocycles. The van der Waals surface area contributed by atoms with Crippen molar-refractivity contribution in [1.82, 2.24) is 4.31 Å². The standard InChI is InChI=1S/C19H23ClN4O6S2/c1-30-17-7-2-14(20)12-18(17)32(28,29)24-10-8-23(9-11-24)13-19(25)22-15-3-5-16(6-4-15)31(21,26)27/h2-7,12H,8-11,13H2,1H3,(H,22,25)(H2,21,26,27)/p+1. The molecule has 0 radical (unpaired) electrons. The van der Waals surface area contributed by atoms with E-state index in [0.29, 0.717) is 23.8 Å². The van der Waals surface area contributed by atoms with Gasteiger partial charge in [-0.3, -0.25) is 4.79 Å². The van der Waals surface area contributed by atoms with Crippen LogP contribution in [-0.4, -0.2) is 66.9 Å². The normalized spacial score (nSPS) is 16.0. The van der Waals surface area contributed by atoms with Crippen molar-refractivity contribution in [1.29, 1.82) is 0 Å². The summed E-state index contributed by atoms with van der Waals surface area (Å²) < 4.78 is 55.2. The van der Waals surface area contributed by atoms with Crippen molar-refractivity contribution in [3.05, 3.63) is 47.5 Å². The van der Waals surface area contributed by atoms with E-state index in [-0.39, 0.29) is 41.1 Å². The molecule has 0 bridgehead atoms. The molecule has 10 nitrogen and oxygen atoms in total. The maximum atomic E-state index is 13.0. The molecular weight excluding hydrogens is 480 g/mol. The molecule has 2 aromatic carbocycles. The molecule has 1 amide bonds. The van der Waals surface area contributed by atoms with E-state index in [1.54, 1.807) is 6.07 Å². The van der Waals surface area contributed by atoms with Crippen LogP contribution < -0.4 is 20.1 Å². The fourth-order valence-corrected chi connectivity index (χ4v) is 5.75. The Balaban J connectivity index is 1.58. The summed E-state index contributed by atoms with van der Waals surface area (Å²) in [5.74, 6) is -0.0480. The number of carbonyl (C=O) groups excluding carboxylic acids is 1. The largest absolute Gasteiger partial charge is 0.495 e. The van der Waals surface area contributed by atoms with Crippen molar-refractivity contribution in [2.75, 3.05) is 45.2 Å². The number of ether oxygens (including phenoxy) is 1. The first-order valence-electron chi connectivity index (χ1n) is 9.60. The maximum Gasteiger partial charge on any atom is 0.279 e. The van der Waals surface area contributed by atoms with Crippen molar-refractivity contribution >= 4 is 43.2 Å². The first-order valence-corrected chi connectivity index (χ1v) is 13.0. The number of carbonyl (C=O) groups is 1. The number of nitrogens with one attached hydrogen (secondary N) is 2. The summed E-state index contributed by atoms with van der Waals surface area (Å²) in [5, 5.41) is 8.05. The van der Waals surface area contributed by atoms with Crippen LogP contribution in [0.1, 0.15) is 0 Å². The van der Waals surface area contributed by atoms with Crippen LogP contribution in [0.25, 0.3) is 0 Å². The second kappa shape index (κ2) is 9.73. The number of hydrogen-bond donors (Lipinski definition) is 3. The Labute approximate surface area is 192 Å². The van der Waals surface area contributed by atoms with Gasteiger partial charge in [-0.1, -0.05) is 11.6 Å². The number of quaternary nitrogens is 1. The molecule has 0 saturated carbocycles. The van der Waals surface area contributed by atoms with Crippen molar-refractivity contribution in [2.45, 2.75) is 9.79 Å². The maximum absolute atomic E-state index is 13.0. The fourth-order valence-electron chi connectivity index (χ4n) is 3.37. The lowest BCUT2D eigenvalue weighted by Gasteiger charge is -2.31. The molecule has 1 heterocycles. The van der Waals surface area contributed by atoms with E-state index in [1.807, 2.05) is 0 Å². The lowest BCUT2D eigenvalue weighted by Crippen LogP contribution is -3.15. The summed E-state index contributed by atoms with van der Waals surface area (Å²) in [6.45, 7) is 1.51. The molecule has 0 aliphatic carbocycles. The van der Waals surface area contributed by atoms with Gasteiger partial charge in [-0.2, -0.15) is 4.31 Å². The number of primary sulfonamides is 1. The highest BCUT2D eigenvalue weighted by Crippen LogP contribution is 2.29. The summed E-state index contributed by atoms with van der Waals surface area (Å²) >= 11 is 5.97. The third-order valence-corrected chi connectivity index (χ3v) is 8.13. The molecule has 0 atom stereocenters. The number of methoxy groups -OCH3 is 1. The number of nitrogens with two attached hydrogens (primary N) is 1. The highest BCUT2D eigenvalue weighted by atomic mass is 35.5.